The zero-order valence-corrected chi connectivity index (χ0v) is 20.5. The number of fused-ring (bicyclic) bond motifs is 1. The molecular formula is C25H29F3N6O3. The third-order valence-corrected chi connectivity index (χ3v) is 5.99. The predicted octanol–water partition coefficient (Wildman–Crippen LogP) is 4.97. The van der Waals surface area contributed by atoms with Crippen LogP contribution in [0.5, 0.6) is 5.75 Å². The first-order valence-corrected chi connectivity index (χ1v) is 11.8. The van der Waals surface area contributed by atoms with Crippen molar-refractivity contribution >= 4 is 28.7 Å². The number of aliphatic carboxylic acids is 1. The minimum atomic E-state index is -5.08. The van der Waals surface area contributed by atoms with E-state index in [0.717, 1.165) is 59.7 Å². The molecule has 0 radical (unpaired) electrons. The molecule has 1 aliphatic rings. The number of nitriles is 1. The Morgan fingerprint density at radius 2 is 1.86 bits per heavy atom. The van der Waals surface area contributed by atoms with Crippen molar-refractivity contribution in [1.82, 2.24) is 9.61 Å². The summed E-state index contributed by atoms with van der Waals surface area (Å²) >= 11 is 0. The van der Waals surface area contributed by atoms with Crippen LogP contribution < -0.4 is 21.1 Å². The maximum Gasteiger partial charge on any atom is 0.490 e. The molecule has 0 aliphatic heterocycles. The van der Waals surface area contributed by atoms with Gasteiger partial charge in [0.15, 0.2) is 0 Å². The Bertz CT molecular complexity index is 1260. The van der Waals surface area contributed by atoms with E-state index in [0.29, 0.717) is 18.2 Å². The molecule has 0 bridgehead atoms. The van der Waals surface area contributed by atoms with Crippen molar-refractivity contribution in [3.8, 4) is 11.8 Å². The van der Waals surface area contributed by atoms with Crippen LogP contribution in [0.2, 0.25) is 0 Å². The molecule has 12 heteroatoms. The number of benzene rings is 1. The van der Waals surface area contributed by atoms with E-state index >= 15 is 0 Å². The van der Waals surface area contributed by atoms with Crippen molar-refractivity contribution in [1.29, 1.82) is 5.26 Å². The van der Waals surface area contributed by atoms with Gasteiger partial charge in [-0.25, -0.2) is 9.31 Å². The molecule has 1 fully saturated rings. The van der Waals surface area contributed by atoms with Crippen molar-refractivity contribution in [2.45, 2.75) is 57.8 Å². The predicted molar refractivity (Wildman–Crippen MR) is 133 cm³/mol. The van der Waals surface area contributed by atoms with Gasteiger partial charge in [0, 0.05) is 23.3 Å². The second kappa shape index (κ2) is 11.8. The Morgan fingerprint density at radius 1 is 1.24 bits per heavy atom. The van der Waals surface area contributed by atoms with Crippen LogP contribution in [-0.4, -0.2) is 45.6 Å². The van der Waals surface area contributed by atoms with Crippen LogP contribution in [-0.2, 0) is 4.79 Å². The Kier molecular flexibility index (Phi) is 8.83. The van der Waals surface area contributed by atoms with Crippen LogP contribution >= 0.6 is 0 Å². The lowest BCUT2D eigenvalue weighted by Crippen LogP contribution is -2.33. The molecule has 0 atom stereocenters. The first kappa shape index (κ1) is 27.6. The molecular weight excluding hydrogens is 489 g/mol. The maximum atomic E-state index is 10.6. The van der Waals surface area contributed by atoms with Crippen molar-refractivity contribution in [2.24, 2.45) is 5.73 Å². The summed E-state index contributed by atoms with van der Waals surface area (Å²) in [7, 11) is 0. The summed E-state index contributed by atoms with van der Waals surface area (Å²) in [6.45, 7) is 4.63. The molecule has 0 unspecified atom stereocenters. The number of carboxylic acid groups (broad SMARTS) is 1. The zero-order chi connectivity index (χ0) is 27.2. The van der Waals surface area contributed by atoms with E-state index in [2.05, 4.69) is 21.8 Å². The third-order valence-electron chi connectivity index (χ3n) is 5.99. The van der Waals surface area contributed by atoms with Crippen molar-refractivity contribution in [3.05, 3.63) is 47.7 Å². The van der Waals surface area contributed by atoms with Gasteiger partial charge < -0.3 is 26.2 Å². The van der Waals surface area contributed by atoms with Gasteiger partial charge in [0.2, 0.25) is 0 Å². The Labute approximate surface area is 212 Å². The molecule has 9 nitrogen and oxygen atoms in total. The minimum absolute atomic E-state index is 0.286. The molecule has 4 rings (SSSR count). The standard InChI is InChI=1S/C23H28N6O.C2HF3O2/c1-3-30-19-10-8-18(9-11-19)28-23-15(2)22(27-17-6-4-16(25)5-7-17)20(14-24)21-12-13-26-29(21)23;3-2(4,5)1(6)7/h8-13,16-17,27-28H,3-7,25H2,1-2H3;(H,6,7). The summed E-state index contributed by atoms with van der Waals surface area (Å²) in [6, 6.07) is 12.7. The Hall–Kier alpha value is -3.98. The Balaban J connectivity index is 0.000000479. The number of halogens is 3. The summed E-state index contributed by atoms with van der Waals surface area (Å²) in [4.78, 5) is 8.90. The molecule has 1 aliphatic carbocycles. The van der Waals surface area contributed by atoms with Crippen LogP contribution in [0.3, 0.4) is 0 Å². The number of carboxylic acids is 1. The number of rotatable bonds is 6. The number of nitrogens with two attached hydrogens (primary N) is 1. The van der Waals surface area contributed by atoms with Gasteiger partial charge in [-0.05, 0) is 69.9 Å². The highest BCUT2D eigenvalue weighted by molar-refractivity contribution is 5.82. The lowest BCUT2D eigenvalue weighted by atomic mass is 9.91. The molecule has 198 valence electrons. The summed E-state index contributed by atoms with van der Waals surface area (Å²) in [5.41, 5.74) is 10.2. The summed E-state index contributed by atoms with van der Waals surface area (Å²) in [5, 5.41) is 28.6. The highest BCUT2D eigenvalue weighted by atomic mass is 19.4. The highest BCUT2D eigenvalue weighted by Gasteiger charge is 2.38. The average molecular weight is 519 g/mol. The number of aromatic nitrogens is 2. The summed E-state index contributed by atoms with van der Waals surface area (Å²) in [5.74, 6) is -1.08. The largest absolute Gasteiger partial charge is 0.494 e. The van der Waals surface area contributed by atoms with E-state index in [9.17, 15) is 18.4 Å². The van der Waals surface area contributed by atoms with E-state index in [4.69, 9.17) is 20.4 Å². The van der Waals surface area contributed by atoms with Gasteiger partial charge in [-0.3, -0.25) is 0 Å². The monoisotopic (exact) mass is 518 g/mol. The van der Waals surface area contributed by atoms with Crippen LogP contribution in [0, 0.1) is 18.3 Å². The number of hydrogen-bond donors (Lipinski definition) is 4. The SMILES string of the molecule is CCOc1ccc(Nc2c(C)c(NC3CCC(N)CC3)c(C#N)c3ccnn23)cc1.O=C(O)C(F)(F)F. The van der Waals surface area contributed by atoms with Gasteiger partial charge in [0.1, 0.15) is 23.2 Å². The van der Waals surface area contributed by atoms with Crippen LogP contribution in [0.1, 0.15) is 43.7 Å². The number of nitrogens with one attached hydrogen (secondary N) is 2. The molecule has 0 saturated heterocycles. The topological polar surface area (TPSA) is 138 Å². The number of alkyl halides is 3. The normalized spacial score (nSPS) is 17.3. The van der Waals surface area contributed by atoms with E-state index in [1.54, 1.807) is 10.7 Å². The van der Waals surface area contributed by atoms with E-state index in [1.807, 2.05) is 44.2 Å². The second-order valence-corrected chi connectivity index (χ2v) is 8.61. The van der Waals surface area contributed by atoms with Gasteiger partial charge >= 0.3 is 12.1 Å². The van der Waals surface area contributed by atoms with E-state index in [-0.39, 0.29) is 6.04 Å². The van der Waals surface area contributed by atoms with Gasteiger partial charge in [0.25, 0.3) is 0 Å². The van der Waals surface area contributed by atoms with Crippen molar-refractivity contribution < 1.29 is 27.8 Å². The zero-order valence-electron chi connectivity index (χ0n) is 20.5. The highest BCUT2D eigenvalue weighted by Crippen LogP contribution is 2.35. The van der Waals surface area contributed by atoms with Gasteiger partial charge in [-0.15, -0.1) is 0 Å². The molecule has 2 aromatic heterocycles. The lowest BCUT2D eigenvalue weighted by molar-refractivity contribution is -0.192. The number of nitrogens with zero attached hydrogens (tertiary/aromatic N) is 3. The first-order valence-electron chi connectivity index (χ1n) is 11.8. The smallest absolute Gasteiger partial charge is 0.490 e. The fourth-order valence-electron chi connectivity index (χ4n) is 4.11. The summed E-state index contributed by atoms with van der Waals surface area (Å²) < 4.78 is 39.1. The number of carbonyl (C=O) groups is 1. The molecule has 1 saturated carbocycles. The van der Waals surface area contributed by atoms with Crippen molar-refractivity contribution in [2.75, 3.05) is 17.2 Å². The fourth-order valence-corrected chi connectivity index (χ4v) is 4.11. The quantitative estimate of drug-likeness (QED) is 0.359. The molecule has 3 aromatic rings. The molecule has 1 aromatic carbocycles. The molecule has 0 spiro atoms. The molecule has 2 heterocycles. The van der Waals surface area contributed by atoms with Gasteiger partial charge in [0.05, 0.1) is 24.0 Å². The molecule has 37 heavy (non-hydrogen) atoms. The van der Waals surface area contributed by atoms with Gasteiger partial charge in [-0.1, -0.05) is 0 Å². The third kappa shape index (κ3) is 6.83. The summed E-state index contributed by atoms with van der Waals surface area (Å²) in [6.07, 6.45) is 0.674. The number of ether oxygens (including phenoxy) is 1. The van der Waals surface area contributed by atoms with E-state index in [1.165, 1.54) is 0 Å². The van der Waals surface area contributed by atoms with Crippen LogP contribution in [0.4, 0.5) is 30.4 Å². The fraction of sp³-hybridized carbons (Fsp3) is 0.400. The van der Waals surface area contributed by atoms with Crippen molar-refractivity contribution in [3.63, 3.8) is 0 Å². The number of anilines is 3. The maximum absolute atomic E-state index is 10.6. The first-order chi connectivity index (χ1) is 17.5. The average Bonchev–Trinajstić information content (AvgIpc) is 3.34. The number of hydrogen-bond acceptors (Lipinski definition) is 7. The van der Waals surface area contributed by atoms with E-state index < -0.39 is 12.1 Å². The Morgan fingerprint density at radius 3 is 2.41 bits per heavy atom. The lowest BCUT2D eigenvalue weighted by Gasteiger charge is -2.29. The van der Waals surface area contributed by atoms with Crippen LogP contribution in [0.25, 0.3) is 5.52 Å². The molecule has 5 N–H and O–H groups in total. The minimum Gasteiger partial charge on any atom is -0.494 e. The van der Waals surface area contributed by atoms with Crippen LogP contribution in [0.15, 0.2) is 36.5 Å². The molecule has 0 amide bonds. The second-order valence-electron chi connectivity index (χ2n) is 8.61. The number of pyridine rings is 1. The van der Waals surface area contributed by atoms with Gasteiger partial charge in [-0.2, -0.15) is 23.5 Å².